The predicted molar refractivity (Wildman–Crippen MR) is 128 cm³/mol. The molecule has 1 fully saturated rings. The number of hydrogen-bond acceptors (Lipinski definition) is 7. The van der Waals surface area contributed by atoms with Gasteiger partial charge >= 0.3 is 0 Å². The van der Waals surface area contributed by atoms with Gasteiger partial charge in [-0.05, 0) is 48.4 Å². The van der Waals surface area contributed by atoms with Crippen molar-refractivity contribution >= 4 is 17.4 Å². The van der Waals surface area contributed by atoms with Crippen LogP contribution in [0.25, 0.3) is 5.76 Å². The Labute approximate surface area is 203 Å². The standard InChI is InChI=1S/C26H27N3O6/c1-33-19-8-5-17(6-9-19)24(30)22-23(18-7-10-20(34-2)21(15-18)35-3)29(26(32)25(22)31)13-4-12-28-14-11-27-16-28/h5-11,14-16,23,30H,4,12-13H2,1-3H3/t23-/m0/s1. The molecule has 182 valence electrons. The second kappa shape index (κ2) is 10.3. The largest absolute Gasteiger partial charge is 0.507 e. The molecule has 0 unspecified atom stereocenters. The Morgan fingerprint density at radius 2 is 1.71 bits per heavy atom. The normalized spacial score (nSPS) is 17.0. The van der Waals surface area contributed by atoms with Gasteiger partial charge in [-0.25, -0.2) is 4.98 Å². The molecule has 1 aromatic heterocycles. The Bertz CT molecular complexity index is 1230. The fourth-order valence-electron chi connectivity index (χ4n) is 4.23. The molecule has 0 spiro atoms. The van der Waals surface area contributed by atoms with Crippen LogP contribution in [-0.4, -0.2) is 59.1 Å². The second-order valence-electron chi connectivity index (χ2n) is 7.99. The first kappa shape index (κ1) is 23.9. The van der Waals surface area contributed by atoms with E-state index >= 15 is 0 Å². The molecule has 9 nitrogen and oxygen atoms in total. The summed E-state index contributed by atoms with van der Waals surface area (Å²) in [5, 5.41) is 11.2. The maximum atomic E-state index is 13.2. The van der Waals surface area contributed by atoms with E-state index in [0.29, 0.717) is 47.9 Å². The maximum Gasteiger partial charge on any atom is 0.295 e. The minimum Gasteiger partial charge on any atom is -0.507 e. The number of aliphatic hydroxyl groups is 1. The van der Waals surface area contributed by atoms with Gasteiger partial charge in [0.15, 0.2) is 11.5 Å². The van der Waals surface area contributed by atoms with Crippen LogP contribution in [0.2, 0.25) is 0 Å². The SMILES string of the molecule is COc1ccc(C(O)=C2C(=O)C(=O)N(CCCn3ccnc3)[C@H]2c2ccc(OC)c(OC)c2)cc1. The van der Waals surface area contributed by atoms with E-state index in [4.69, 9.17) is 14.2 Å². The van der Waals surface area contributed by atoms with Crippen molar-refractivity contribution in [3.63, 3.8) is 0 Å². The van der Waals surface area contributed by atoms with E-state index in [1.807, 2.05) is 10.8 Å². The number of hydrogen-bond donors (Lipinski definition) is 1. The van der Waals surface area contributed by atoms with E-state index in [9.17, 15) is 14.7 Å². The molecule has 35 heavy (non-hydrogen) atoms. The number of methoxy groups -OCH3 is 3. The van der Waals surface area contributed by atoms with Gasteiger partial charge in [-0.15, -0.1) is 0 Å². The Hall–Kier alpha value is -4.27. The number of benzene rings is 2. The fourth-order valence-corrected chi connectivity index (χ4v) is 4.23. The zero-order valence-electron chi connectivity index (χ0n) is 19.8. The zero-order valence-corrected chi connectivity index (χ0v) is 19.8. The molecular formula is C26H27N3O6. The number of nitrogens with zero attached hydrogens (tertiary/aromatic N) is 3. The van der Waals surface area contributed by atoms with E-state index in [1.54, 1.807) is 62.1 Å². The third-order valence-corrected chi connectivity index (χ3v) is 6.00. The van der Waals surface area contributed by atoms with Gasteiger partial charge in [0.05, 0.1) is 39.3 Å². The molecule has 4 rings (SSSR count). The number of carbonyl (C=O) groups excluding carboxylic acids is 2. The minimum absolute atomic E-state index is 0.0232. The summed E-state index contributed by atoms with van der Waals surface area (Å²) in [6, 6.07) is 11.1. The van der Waals surface area contributed by atoms with Gasteiger partial charge in [0.1, 0.15) is 11.5 Å². The molecule has 9 heteroatoms. The van der Waals surface area contributed by atoms with Crippen molar-refractivity contribution in [2.75, 3.05) is 27.9 Å². The number of aliphatic hydroxyl groups excluding tert-OH is 1. The monoisotopic (exact) mass is 477 g/mol. The van der Waals surface area contributed by atoms with E-state index in [1.165, 1.54) is 19.1 Å². The van der Waals surface area contributed by atoms with Crippen LogP contribution < -0.4 is 14.2 Å². The lowest BCUT2D eigenvalue weighted by Gasteiger charge is -2.26. The summed E-state index contributed by atoms with van der Waals surface area (Å²) in [5.41, 5.74) is 1.06. The molecular weight excluding hydrogens is 450 g/mol. The summed E-state index contributed by atoms with van der Waals surface area (Å²) in [6.07, 6.45) is 5.81. The molecule has 1 amide bonds. The van der Waals surface area contributed by atoms with Crippen LogP contribution >= 0.6 is 0 Å². The van der Waals surface area contributed by atoms with Crippen LogP contribution in [0.3, 0.4) is 0 Å². The number of aromatic nitrogens is 2. The Balaban J connectivity index is 1.77. The lowest BCUT2D eigenvalue weighted by molar-refractivity contribution is -0.139. The van der Waals surface area contributed by atoms with E-state index in [2.05, 4.69) is 4.98 Å². The minimum atomic E-state index is -0.792. The van der Waals surface area contributed by atoms with Crippen molar-refractivity contribution in [1.82, 2.24) is 14.5 Å². The van der Waals surface area contributed by atoms with Crippen molar-refractivity contribution in [1.29, 1.82) is 0 Å². The lowest BCUT2D eigenvalue weighted by atomic mass is 9.95. The summed E-state index contributed by atoms with van der Waals surface area (Å²) in [5.74, 6) is -0.0611. The van der Waals surface area contributed by atoms with Crippen LogP contribution in [0.4, 0.5) is 0 Å². The van der Waals surface area contributed by atoms with E-state index < -0.39 is 17.7 Å². The van der Waals surface area contributed by atoms with Crippen molar-refractivity contribution < 1.29 is 28.9 Å². The number of Topliss-reactive ketones (excluding diaryl/α,β-unsaturated/α-hetero) is 1. The summed E-state index contributed by atoms with van der Waals surface area (Å²) in [4.78, 5) is 31.9. The fraction of sp³-hybridized carbons (Fsp3) is 0.269. The highest BCUT2D eigenvalue weighted by molar-refractivity contribution is 6.46. The average molecular weight is 478 g/mol. The van der Waals surface area contributed by atoms with Gasteiger partial charge in [-0.1, -0.05) is 6.07 Å². The highest BCUT2D eigenvalue weighted by Gasteiger charge is 2.46. The highest BCUT2D eigenvalue weighted by atomic mass is 16.5. The van der Waals surface area contributed by atoms with Gasteiger partial charge in [0.25, 0.3) is 11.7 Å². The van der Waals surface area contributed by atoms with Gasteiger partial charge in [0, 0.05) is 31.0 Å². The molecule has 0 aliphatic carbocycles. The number of imidazole rings is 1. The highest BCUT2D eigenvalue weighted by Crippen LogP contribution is 2.42. The van der Waals surface area contributed by atoms with Crippen LogP contribution in [0.1, 0.15) is 23.6 Å². The Morgan fingerprint density at radius 3 is 2.34 bits per heavy atom. The van der Waals surface area contributed by atoms with E-state index in [0.717, 1.165) is 0 Å². The van der Waals surface area contributed by atoms with Crippen molar-refractivity contribution in [2.45, 2.75) is 19.0 Å². The summed E-state index contributed by atoms with van der Waals surface area (Å²) >= 11 is 0. The summed E-state index contributed by atoms with van der Waals surface area (Å²) < 4.78 is 17.9. The number of amides is 1. The van der Waals surface area contributed by atoms with E-state index in [-0.39, 0.29) is 11.3 Å². The topological polar surface area (TPSA) is 103 Å². The molecule has 1 aliphatic rings. The maximum absolute atomic E-state index is 13.2. The summed E-state index contributed by atoms with van der Waals surface area (Å²) in [6.45, 7) is 0.932. The quantitative estimate of drug-likeness (QED) is 0.286. The first-order valence-electron chi connectivity index (χ1n) is 11.1. The van der Waals surface area contributed by atoms with Crippen molar-refractivity contribution in [2.24, 2.45) is 0 Å². The molecule has 0 saturated carbocycles. The van der Waals surface area contributed by atoms with Crippen LogP contribution in [0.5, 0.6) is 17.2 Å². The van der Waals surface area contributed by atoms with Crippen LogP contribution in [0.15, 0.2) is 66.8 Å². The predicted octanol–water partition coefficient (Wildman–Crippen LogP) is 3.42. The molecule has 0 radical (unpaired) electrons. The van der Waals surface area contributed by atoms with Crippen LogP contribution in [-0.2, 0) is 16.1 Å². The summed E-state index contributed by atoms with van der Waals surface area (Å²) in [7, 11) is 4.59. The molecule has 3 aromatic rings. The number of rotatable bonds is 9. The zero-order chi connectivity index (χ0) is 24.9. The third kappa shape index (κ3) is 4.70. The molecule has 1 aliphatic heterocycles. The lowest BCUT2D eigenvalue weighted by Crippen LogP contribution is -2.31. The van der Waals surface area contributed by atoms with Gasteiger partial charge in [-0.3, -0.25) is 9.59 Å². The number of carbonyl (C=O) groups is 2. The number of ketones is 1. The molecule has 1 atom stereocenters. The first-order valence-corrected chi connectivity index (χ1v) is 11.1. The number of aryl methyl sites for hydroxylation is 1. The second-order valence-corrected chi connectivity index (χ2v) is 7.99. The van der Waals surface area contributed by atoms with Gasteiger partial charge < -0.3 is 28.8 Å². The molecule has 2 aromatic carbocycles. The van der Waals surface area contributed by atoms with Gasteiger partial charge in [-0.2, -0.15) is 0 Å². The Morgan fingerprint density at radius 1 is 0.971 bits per heavy atom. The molecule has 1 N–H and O–H groups in total. The van der Waals surface area contributed by atoms with Crippen LogP contribution in [0, 0.1) is 0 Å². The first-order chi connectivity index (χ1) is 17.0. The molecule has 0 bridgehead atoms. The third-order valence-electron chi connectivity index (χ3n) is 6.00. The number of ether oxygens (including phenoxy) is 3. The van der Waals surface area contributed by atoms with Gasteiger partial charge in [0.2, 0.25) is 0 Å². The number of likely N-dealkylation sites (tertiary alicyclic amines) is 1. The molecule has 2 heterocycles. The smallest absolute Gasteiger partial charge is 0.295 e. The van der Waals surface area contributed by atoms with Crippen molar-refractivity contribution in [3.05, 3.63) is 77.9 Å². The average Bonchev–Trinajstić information content (AvgIpc) is 3.50. The van der Waals surface area contributed by atoms with Crippen molar-refractivity contribution in [3.8, 4) is 17.2 Å². The Kier molecular flexibility index (Phi) is 7.05. The molecule has 1 saturated heterocycles.